The maximum Gasteiger partial charge on any atom is 0.118 e. The smallest absolute Gasteiger partial charge is 0.118 e. The van der Waals surface area contributed by atoms with Gasteiger partial charge >= 0.3 is 0 Å². The zero-order chi connectivity index (χ0) is 12.0. The van der Waals surface area contributed by atoms with Crippen molar-refractivity contribution in [3.63, 3.8) is 0 Å². The van der Waals surface area contributed by atoms with Crippen LogP contribution in [0.15, 0.2) is 48.5 Å². The molecule has 0 saturated heterocycles. The molecule has 0 radical (unpaired) electrons. The van der Waals surface area contributed by atoms with E-state index < -0.39 is 0 Å². The Bertz CT molecular complexity index is 370. The first-order valence-corrected chi connectivity index (χ1v) is 5.10. The Morgan fingerprint density at radius 1 is 0.647 bits per heavy atom. The van der Waals surface area contributed by atoms with Crippen LogP contribution in [0.25, 0.3) is 0 Å². The largest absolute Gasteiger partial charge is 0.508 e. The molecule has 90 valence electrons. The minimum atomic E-state index is 0. The van der Waals surface area contributed by atoms with Crippen LogP contribution in [0.4, 0.5) is 0 Å². The van der Waals surface area contributed by atoms with Crippen LogP contribution in [0.3, 0.4) is 0 Å². The first-order valence-electron chi connectivity index (χ1n) is 5.10. The van der Waals surface area contributed by atoms with Gasteiger partial charge in [0.15, 0.2) is 0 Å². The number of benzene rings is 2. The van der Waals surface area contributed by atoms with Crippen LogP contribution in [0.2, 0.25) is 0 Å². The predicted molar refractivity (Wildman–Crippen MR) is 65.7 cm³/mol. The van der Waals surface area contributed by atoms with Gasteiger partial charge in [0.25, 0.3) is 0 Å². The molecule has 2 aromatic carbocycles. The molecule has 3 heteroatoms. The van der Waals surface area contributed by atoms with Crippen molar-refractivity contribution in [2.45, 2.75) is 13.8 Å². The number of hydrogen-bond donors (Lipinski definition) is 2. The Hall–Kier alpha value is -1.43. The molecule has 2 aromatic rings. The normalized spacial score (nSPS) is 8.59. The van der Waals surface area contributed by atoms with Crippen molar-refractivity contribution < 1.29 is 27.6 Å². The molecule has 2 rings (SSSR count). The van der Waals surface area contributed by atoms with E-state index in [1.54, 1.807) is 12.1 Å². The molecule has 0 fully saturated rings. The van der Waals surface area contributed by atoms with E-state index in [0.29, 0.717) is 11.5 Å². The van der Waals surface area contributed by atoms with E-state index in [1.165, 1.54) is 0 Å². The van der Waals surface area contributed by atoms with Crippen molar-refractivity contribution >= 4 is 0 Å². The van der Waals surface area contributed by atoms with Crippen LogP contribution in [0.1, 0.15) is 11.1 Å². The zero-order valence-corrected chi connectivity index (χ0v) is 11.2. The maximum absolute atomic E-state index is 8.92. The third-order valence-electron chi connectivity index (χ3n) is 2.23. The van der Waals surface area contributed by atoms with Crippen LogP contribution < -0.4 is 0 Å². The van der Waals surface area contributed by atoms with E-state index in [0.717, 1.165) is 11.1 Å². The van der Waals surface area contributed by atoms with Gasteiger partial charge in [-0.1, -0.05) is 36.4 Å². The number of phenolic OH excluding ortho intramolecular Hbond substituents is 2. The monoisotopic (exact) mass is 268 g/mol. The third kappa shape index (κ3) is 5.44. The second-order valence-corrected chi connectivity index (χ2v) is 3.57. The van der Waals surface area contributed by atoms with E-state index in [1.807, 2.05) is 50.2 Å². The molecule has 2 N–H and O–H groups in total. The Balaban J connectivity index is 0.000000284. The summed E-state index contributed by atoms with van der Waals surface area (Å²) in [5.74, 6) is 0.736. The molecular formula is C14H16CrO2. The fourth-order valence-corrected chi connectivity index (χ4v) is 1.13. The summed E-state index contributed by atoms with van der Waals surface area (Å²) < 4.78 is 0. The molecule has 0 saturated carbocycles. The van der Waals surface area contributed by atoms with E-state index in [4.69, 9.17) is 10.2 Å². The van der Waals surface area contributed by atoms with Crippen LogP contribution in [0.5, 0.6) is 11.5 Å². The zero-order valence-electron chi connectivity index (χ0n) is 9.92. The van der Waals surface area contributed by atoms with Gasteiger partial charge < -0.3 is 10.2 Å². The summed E-state index contributed by atoms with van der Waals surface area (Å²) in [5, 5.41) is 17.8. The molecule has 0 spiro atoms. The first kappa shape index (κ1) is 15.6. The number of aryl methyl sites for hydroxylation is 2. The van der Waals surface area contributed by atoms with Gasteiger partial charge in [-0.3, -0.25) is 0 Å². The van der Waals surface area contributed by atoms with Crippen LogP contribution in [-0.4, -0.2) is 10.2 Å². The molecule has 2 nitrogen and oxygen atoms in total. The first-order chi connectivity index (χ1) is 7.61. The van der Waals surface area contributed by atoms with Gasteiger partial charge in [-0.15, -0.1) is 0 Å². The van der Waals surface area contributed by atoms with Crippen LogP contribution in [-0.2, 0) is 17.4 Å². The standard InChI is InChI=1S/2C7H8O.Cr/c2*1-6-4-2-3-5-7(6)8;/h2*2-5,8H,1H3;. The summed E-state index contributed by atoms with van der Waals surface area (Å²) in [7, 11) is 0. The molecule has 0 aliphatic rings. The van der Waals surface area contributed by atoms with Gasteiger partial charge in [0.05, 0.1) is 0 Å². The van der Waals surface area contributed by atoms with Crippen LogP contribution >= 0.6 is 0 Å². The quantitative estimate of drug-likeness (QED) is 0.768. The van der Waals surface area contributed by atoms with Crippen LogP contribution in [0, 0.1) is 13.8 Å². The van der Waals surface area contributed by atoms with E-state index in [2.05, 4.69) is 0 Å². The van der Waals surface area contributed by atoms with Crippen molar-refractivity contribution in [3.8, 4) is 11.5 Å². The van der Waals surface area contributed by atoms with E-state index in [-0.39, 0.29) is 17.4 Å². The minimum Gasteiger partial charge on any atom is -0.508 e. The van der Waals surface area contributed by atoms with Gasteiger partial charge in [-0.2, -0.15) is 0 Å². The Morgan fingerprint density at radius 3 is 1.12 bits per heavy atom. The topological polar surface area (TPSA) is 40.5 Å². The van der Waals surface area contributed by atoms with Crippen molar-refractivity contribution in [3.05, 3.63) is 59.7 Å². The fourth-order valence-electron chi connectivity index (χ4n) is 1.13. The summed E-state index contributed by atoms with van der Waals surface area (Å²) in [6.45, 7) is 3.74. The van der Waals surface area contributed by atoms with Crippen molar-refractivity contribution in [1.82, 2.24) is 0 Å². The predicted octanol–water partition coefficient (Wildman–Crippen LogP) is 3.40. The van der Waals surface area contributed by atoms with Gasteiger partial charge in [-0.05, 0) is 37.1 Å². The van der Waals surface area contributed by atoms with Crippen molar-refractivity contribution in [2.24, 2.45) is 0 Å². The minimum absolute atomic E-state index is 0. The summed E-state index contributed by atoms with van der Waals surface area (Å²) in [6, 6.07) is 14.5. The second kappa shape index (κ2) is 7.78. The fraction of sp³-hybridized carbons (Fsp3) is 0.143. The maximum atomic E-state index is 8.92. The summed E-state index contributed by atoms with van der Waals surface area (Å²) in [6.07, 6.45) is 0. The molecule has 0 unspecified atom stereocenters. The molecule has 0 aliphatic carbocycles. The number of phenols is 2. The van der Waals surface area contributed by atoms with Gasteiger partial charge in [-0.25, -0.2) is 0 Å². The second-order valence-electron chi connectivity index (χ2n) is 3.57. The molecule has 0 aromatic heterocycles. The molecule has 0 amide bonds. The number of hydrogen-bond acceptors (Lipinski definition) is 2. The average Bonchev–Trinajstić information content (AvgIpc) is 2.28. The number of aromatic hydroxyl groups is 2. The summed E-state index contributed by atoms with van der Waals surface area (Å²) in [4.78, 5) is 0. The molecule has 17 heavy (non-hydrogen) atoms. The molecule has 0 bridgehead atoms. The summed E-state index contributed by atoms with van der Waals surface area (Å²) >= 11 is 0. The molecule has 0 atom stereocenters. The van der Waals surface area contributed by atoms with Crippen molar-refractivity contribution in [2.75, 3.05) is 0 Å². The molecule has 0 heterocycles. The molecule has 0 aliphatic heterocycles. The third-order valence-corrected chi connectivity index (χ3v) is 2.23. The SMILES string of the molecule is Cc1ccccc1O.Cc1ccccc1O.[Cr]. The Labute approximate surface area is 113 Å². The summed E-state index contributed by atoms with van der Waals surface area (Å²) in [5.41, 5.74) is 1.85. The van der Waals surface area contributed by atoms with Gasteiger partial charge in [0, 0.05) is 17.4 Å². The Kier molecular flexibility index (Phi) is 7.13. The number of rotatable bonds is 0. The average molecular weight is 268 g/mol. The Morgan fingerprint density at radius 2 is 0.941 bits per heavy atom. The van der Waals surface area contributed by atoms with Gasteiger partial charge in [0.2, 0.25) is 0 Å². The number of para-hydroxylation sites is 2. The van der Waals surface area contributed by atoms with Gasteiger partial charge in [0.1, 0.15) is 11.5 Å². The van der Waals surface area contributed by atoms with E-state index >= 15 is 0 Å². The molecular weight excluding hydrogens is 252 g/mol. The van der Waals surface area contributed by atoms with E-state index in [9.17, 15) is 0 Å². The van der Waals surface area contributed by atoms with Crippen molar-refractivity contribution in [1.29, 1.82) is 0 Å².